The largest absolute Gasteiger partial charge is 0.399 e. The molecule has 0 unspecified atom stereocenters. The Bertz CT molecular complexity index is 323. The second-order valence-corrected chi connectivity index (χ2v) is 5.53. The molecule has 0 amide bonds. The summed E-state index contributed by atoms with van der Waals surface area (Å²) in [6, 6.07) is 8.08. The zero-order valence-corrected chi connectivity index (χ0v) is 11.5. The van der Waals surface area contributed by atoms with Gasteiger partial charge in [0.05, 0.1) is 0 Å². The monoisotopic (exact) mass is 234 g/mol. The summed E-state index contributed by atoms with van der Waals surface area (Å²) in [6.07, 6.45) is 0. The Morgan fingerprint density at radius 2 is 1.76 bits per heavy atom. The van der Waals surface area contributed by atoms with Crippen molar-refractivity contribution in [3.05, 3.63) is 29.8 Å². The molecule has 17 heavy (non-hydrogen) atoms. The van der Waals surface area contributed by atoms with Gasteiger partial charge in [0.2, 0.25) is 0 Å². The highest BCUT2D eigenvalue weighted by Crippen LogP contribution is 2.19. The molecule has 0 saturated heterocycles. The summed E-state index contributed by atoms with van der Waals surface area (Å²) in [7, 11) is 0. The number of rotatable bonds is 6. The molecule has 0 aliphatic carbocycles. The Morgan fingerprint density at radius 3 is 2.29 bits per heavy atom. The van der Waals surface area contributed by atoms with Crippen LogP contribution in [0.1, 0.15) is 33.3 Å². The summed E-state index contributed by atoms with van der Waals surface area (Å²) in [5, 5.41) is 3.54. The van der Waals surface area contributed by atoms with E-state index in [1.165, 1.54) is 5.56 Å². The first-order chi connectivity index (χ1) is 8.00. The third kappa shape index (κ3) is 4.78. The van der Waals surface area contributed by atoms with Gasteiger partial charge in [-0.25, -0.2) is 0 Å². The van der Waals surface area contributed by atoms with Crippen molar-refractivity contribution in [1.82, 2.24) is 5.32 Å². The van der Waals surface area contributed by atoms with E-state index in [-0.39, 0.29) is 0 Å². The number of benzene rings is 1. The molecular formula is C15H26N2. The molecule has 2 heteroatoms. The van der Waals surface area contributed by atoms with Crippen molar-refractivity contribution in [2.45, 2.75) is 34.2 Å². The van der Waals surface area contributed by atoms with Crippen LogP contribution >= 0.6 is 0 Å². The minimum Gasteiger partial charge on any atom is -0.399 e. The predicted molar refractivity (Wildman–Crippen MR) is 75.7 cm³/mol. The highest BCUT2D eigenvalue weighted by molar-refractivity contribution is 5.40. The Kier molecular flexibility index (Phi) is 5.49. The predicted octanol–water partition coefficient (Wildman–Crippen LogP) is 3.29. The van der Waals surface area contributed by atoms with Gasteiger partial charge in [0.1, 0.15) is 0 Å². The number of hydrogen-bond donors (Lipinski definition) is 2. The smallest absolute Gasteiger partial charge is 0.0317 e. The second kappa shape index (κ2) is 6.65. The lowest BCUT2D eigenvalue weighted by atomic mass is 9.85. The van der Waals surface area contributed by atoms with Crippen molar-refractivity contribution in [2.75, 3.05) is 12.3 Å². The van der Waals surface area contributed by atoms with Crippen LogP contribution in [0.4, 0.5) is 5.69 Å². The Morgan fingerprint density at radius 1 is 1.12 bits per heavy atom. The molecule has 0 aliphatic heterocycles. The number of nitrogens with two attached hydrogens (primary N) is 1. The molecule has 2 nitrogen and oxygen atoms in total. The summed E-state index contributed by atoms with van der Waals surface area (Å²) in [4.78, 5) is 0. The van der Waals surface area contributed by atoms with Gasteiger partial charge in [0.25, 0.3) is 0 Å². The highest BCUT2D eigenvalue weighted by Gasteiger charge is 2.16. The fourth-order valence-corrected chi connectivity index (χ4v) is 2.33. The van der Waals surface area contributed by atoms with E-state index in [0.29, 0.717) is 0 Å². The lowest BCUT2D eigenvalue weighted by Crippen LogP contribution is -2.29. The molecule has 0 aliphatic rings. The molecule has 0 saturated carbocycles. The SMILES string of the molecule is CC(C)C(CNCc1cccc(N)c1)C(C)C. The number of anilines is 1. The maximum atomic E-state index is 5.76. The molecule has 0 bridgehead atoms. The lowest BCUT2D eigenvalue weighted by Gasteiger charge is -2.25. The third-order valence-electron chi connectivity index (χ3n) is 3.37. The normalized spacial score (nSPS) is 11.7. The standard InChI is InChI=1S/C15H26N2/c1-11(2)15(12(3)4)10-17-9-13-6-5-7-14(16)8-13/h5-8,11-12,15,17H,9-10,16H2,1-4H3. The van der Waals surface area contributed by atoms with Gasteiger partial charge in [0, 0.05) is 12.2 Å². The fourth-order valence-electron chi connectivity index (χ4n) is 2.33. The van der Waals surface area contributed by atoms with E-state index in [9.17, 15) is 0 Å². The number of hydrogen-bond acceptors (Lipinski definition) is 2. The number of nitrogens with one attached hydrogen (secondary N) is 1. The van der Waals surface area contributed by atoms with Crippen LogP contribution in [-0.2, 0) is 6.54 Å². The summed E-state index contributed by atoms with van der Waals surface area (Å²) in [5.74, 6) is 2.18. The molecule has 3 N–H and O–H groups in total. The molecule has 0 atom stereocenters. The maximum absolute atomic E-state index is 5.76. The van der Waals surface area contributed by atoms with Crippen molar-refractivity contribution < 1.29 is 0 Å². The molecule has 1 rings (SSSR count). The molecule has 1 aromatic carbocycles. The van der Waals surface area contributed by atoms with Crippen LogP contribution in [0.5, 0.6) is 0 Å². The van der Waals surface area contributed by atoms with E-state index in [1.807, 2.05) is 18.2 Å². The zero-order valence-electron chi connectivity index (χ0n) is 11.5. The van der Waals surface area contributed by atoms with Crippen LogP contribution in [0, 0.1) is 17.8 Å². The molecule has 0 heterocycles. The first-order valence-electron chi connectivity index (χ1n) is 6.56. The summed E-state index contributed by atoms with van der Waals surface area (Å²) in [6.45, 7) is 11.2. The number of nitrogen functional groups attached to an aromatic ring is 1. The summed E-state index contributed by atoms with van der Waals surface area (Å²) in [5.41, 5.74) is 7.86. The Labute approximate surface area is 106 Å². The van der Waals surface area contributed by atoms with Gasteiger partial charge in [0.15, 0.2) is 0 Å². The second-order valence-electron chi connectivity index (χ2n) is 5.53. The van der Waals surface area contributed by atoms with Gasteiger partial charge in [-0.1, -0.05) is 39.8 Å². The van der Waals surface area contributed by atoms with Crippen molar-refractivity contribution >= 4 is 5.69 Å². The van der Waals surface area contributed by atoms with Crippen LogP contribution in [-0.4, -0.2) is 6.54 Å². The van der Waals surface area contributed by atoms with E-state index in [0.717, 1.165) is 36.5 Å². The third-order valence-corrected chi connectivity index (χ3v) is 3.37. The van der Waals surface area contributed by atoms with Crippen LogP contribution in [0.2, 0.25) is 0 Å². The van der Waals surface area contributed by atoms with Crippen molar-refractivity contribution in [2.24, 2.45) is 17.8 Å². The van der Waals surface area contributed by atoms with E-state index >= 15 is 0 Å². The minimum atomic E-state index is 0.725. The van der Waals surface area contributed by atoms with E-state index < -0.39 is 0 Å². The van der Waals surface area contributed by atoms with Gasteiger partial charge in [-0.2, -0.15) is 0 Å². The van der Waals surface area contributed by atoms with E-state index in [1.54, 1.807) is 0 Å². The summed E-state index contributed by atoms with van der Waals surface area (Å²) < 4.78 is 0. The minimum absolute atomic E-state index is 0.725. The van der Waals surface area contributed by atoms with Gasteiger partial charge in [-0.3, -0.25) is 0 Å². The topological polar surface area (TPSA) is 38.0 Å². The molecule has 0 spiro atoms. The van der Waals surface area contributed by atoms with Gasteiger partial charge < -0.3 is 11.1 Å². The Balaban J connectivity index is 2.41. The average molecular weight is 234 g/mol. The summed E-state index contributed by atoms with van der Waals surface area (Å²) >= 11 is 0. The fraction of sp³-hybridized carbons (Fsp3) is 0.600. The molecule has 0 radical (unpaired) electrons. The molecule has 0 fully saturated rings. The van der Waals surface area contributed by atoms with Crippen molar-refractivity contribution in [3.63, 3.8) is 0 Å². The lowest BCUT2D eigenvalue weighted by molar-refractivity contribution is 0.275. The van der Waals surface area contributed by atoms with Crippen molar-refractivity contribution in [3.8, 4) is 0 Å². The molecule has 1 aromatic rings. The van der Waals surface area contributed by atoms with Gasteiger partial charge in [-0.15, -0.1) is 0 Å². The maximum Gasteiger partial charge on any atom is 0.0317 e. The van der Waals surface area contributed by atoms with Gasteiger partial charge >= 0.3 is 0 Å². The van der Waals surface area contributed by atoms with Crippen LogP contribution < -0.4 is 11.1 Å². The first kappa shape index (κ1) is 14.0. The van der Waals surface area contributed by atoms with Crippen LogP contribution in [0.3, 0.4) is 0 Å². The quantitative estimate of drug-likeness (QED) is 0.741. The molecular weight excluding hydrogens is 208 g/mol. The van der Waals surface area contributed by atoms with E-state index in [2.05, 4.69) is 39.1 Å². The van der Waals surface area contributed by atoms with E-state index in [4.69, 9.17) is 5.73 Å². The van der Waals surface area contributed by atoms with Gasteiger partial charge in [-0.05, 0) is 42.0 Å². The molecule has 0 aromatic heterocycles. The first-order valence-corrected chi connectivity index (χ1v) is 6.56. The van der Waals surface area contributed by atoms with Crippen molar-refractivity contribution in [1.29, 1.82) is 0 Å². The zero-order chi connectivity index (χ0) is 12.8. The Hall–Kier alpha value is -1.02. The van der Waals surface area contributed by atoms with Crippen LogP contribution in [0.25, 0.3) is 0 Å². The average Bonchev–Trinajstić information content (AvgIpc) is 2.23. The highest BCUT2D eigenvalue weighted by atomic mass is 14.9. The molecule has 96 valence electrons. The van der Waals surface area contributed by atoms with Crippen LogP contribution in [0.15, 0.2) is 24.3 Å².